The highest BCUT2D eigenvalue weighted by atomic mass is 35.5. The summed E-state index contributed by atoms with van der Waals surface area (Å²) in [6, 6.07) is 12.2. The van der Waals surface area contributed by atoms with Crippen LogP contribution in [-0.4, -0.2) is 16.6 Å². The van der Waals surface area contributed by atoms with Gasteiger partial charge < -0.3 is 10.6 Å². The van der Waals surface area contributed by atoms with Gasteiger partial charge in [-0.05, 0) is 61.3 Å². The summed E-state index contributed by atoms with van der Waals surface area (Å²) in [6.45, 7) is 2.83. The van der Waals surface area contributed by atoms with Crippen molar-refractivity contribution in [2.24, 2.45) is 0 Å². The van der Waals surface area contributed by atoms with Gasteiger partial charge in [-0.2, -0.15) is 0 Å². The van der Waals surface area contributed by atoms with Crippen molar-refractivity contribution in [2.75, 3.05) is 11.9 Å². The lowest BCUT2D eigenvalue weighted by Crippen LogP contribution is -2.43. The highest BCUT2D eigenvalue weighted by Crippen LogP contribution is 2.39. The number of hydrogen-bond donors (Lipinski definition) is 2. The van der Waals surface area contributed by atoms with Gasteiger partial charge >= 0.3 is 0 Å². The van der Waals surface area contributed by atoms with E-state index in [2.05, 4.69) is 27.8 Å². The van der Waals surface area contributed by atoms with Crippen molar-refractivity contribution in [3.63, 3.8) is 0 Å². The normalized spacial score (nSPS) is 16.2. The Morgan fingerprint density at radius 3 is 2.72 bits per heavy atom. The fourth-order valence-corrected chi connectivity index (χ4v) is 3.99. The first-order valence-electron chi connectivity index (χ1n) is 8.82. The summed E-state index contributed by atoms with van der Waals surface area (Å²) in [5, 5.41) is 8.05. The number of thiocarbonyl (C=S) groups is 1. The van der Waals surface area contributed by atoms with Gasteiger partial charge in [0.2, 0.25) is 0 Å². The molecule has 0 bridgehead atoms. The number of rotatable bonds is 4. The van der Waals surface area contributed by atoms with Crippen molar-refractivity contribution in [1.82, 2.24) is 10.3 Å². The predicted octanol–water partition coefficient (Wildman–Crippen LogP) is 5.23. The standard InChI is InChI=1S/C20H24ClN3S/c1-15-7-6-12-22-18(15)24-19(25)23-14-20(10-3-2-4-11-20)16-8-5-9-17(21)13-16/h5-9,12-13H,2-4,10-11,14H2,1H3,(H2,22,23,24,25). The first-order chi connectivity index (χ1) is 12.1. The molecular weight excluding hydrogens is 350 g/mol. The van der Waals surface area contributed by atoms with Crippen molar-refractivity contribution in [3.05, 3.63) is 58.7 Å². The molecule has 1 fully saturated rings. The van der Waals surface area contributed by atoms with E-state index in [-0.39, 0.29) is 5.41 Å². The molecule has 1 aromatic carbocycles. The molecule has 1 heterocycles. The number of nitrogens with one attached hydrogen (secondary N) is 2. The van der Waals surface area contributed by atoms with E-state index in [4.69, 9.17) is 23.8 Å². The van der Waals surface area contributed by atoms with Gasteiger partial charge in [-0.25, -0.2) is 4.98 Å². The second-order valence-corrected chi connectivity index (χ2v) is 7.67. The zero-order valence-corrected chi connectivity index (χ0v) is 16.1. The van der Waals surface area contributed by atoms with Crippen LogP contribution in [-0.2, 0) is 5.41 Å². The minimum Gasteiger partial charge on any atom is -0.362 e. The molecule has 0 spiro atoms. The maximum Gasteiger partial charge on any atom is 0.171 e. The lowest BCUT2D eigenvalue weighted by Gasteiger charge is -2.38. The molecule has 1 saturated carbocycles. The summed E-state index contributed by atoms with van der Waals surface area (Å²) in [5.74, 6) is 0.806. The van der Waals surface area contributed by atoms with Gasteiger partial charge in [0.1, 0.15) is 5.82 Å². The van der Waals surface area contributed by atoms with E-state index >= 15 is 0 Å². The molecule has 0 saturated heterocycles. The SMILES string of the molecule is Cc1cccnc1NC(=S)NCC1(c2cccc(Cl)c2)CCCCC1. The third-order valence-electron chi connectivity index (χ3n) is 5.08. The van der Waals surface area contributed by atoms with Crippen LogP contribution in [0.5, 0.6) is 0 Å². The number of halogens is 1. The minimum absolute atomic E-state index is 0.0913. The third kappa shape index (κ3) is 4.50. The van der Waals surface area contributed by atoms with Crippen LogP contribution < -0.4 is 10.6 Å². The zero-order valence-electron chi connectivity index (χ0n) is 14.5. The first kappa shape index (κ1) is 18.2. The highest BCUT2D eigenvalue weighted by Gasteiger charge is 2.34. The maximum absolute atomic E-state index is 6.25. The smallest absolute Gasteiger partial charge is 0.171 e. The molecule has 1 aromatic heterocycles. The van der Waals surface area contributed by atoms with Gasteiger partial charge in [-0.1, -0.05) is 49.1 Å². The number of hydrogen-bond acceptors (Lipinski definition) is 2. The van der Waals surface area contributed by atoms with E-state index in [1.54, 1.807) is 6.20 Å². The lowest BCUT2D eigenvalue weighted by molar-refractivity contribution is 0.292. The maximum atomic E-state index is 6.25. The van der Waals surface area contributed by atoms with Crippen molar-refractivity contribution >= 4 is 34.7 Å². The number of benzene rings is 1. The lowest BCUT2D eigenvalue weighted by atomic mass is 9.69. The summed E-state index contributed by atoms with van der Waals surface area (Å²) in [7, 11) is 0. The molecule has 0 amide bonds. The number of anilines is 1. The monoisotopic (exact) mass is 373 g/mol. The van der Waals surface area contributed by atoms with Crippen molar-refractivity contribution in [3.8, 4) is 0 Å². The second kappa shape index (κ2) is 8.15. The Morgan fingerprint density at radius 1 is 1.20 bits per heavy atom. The van der Waals surface area contributed by atoms with Crippen LogP contribution >= 0.6 is 23.8 Å². The number of aryl methyl sites for hydroxylation is 1. The number of nitrogens with zero attached hydrogens (tertiary/aromatic N) is 1. The molecule has 0 unspecified atom stereocenters. The van der Waals surface area contributed by atoms with Gasteiger partial charge in [0, 0.05) is 23.2 Å². The van der Waals surface area contributed by atoms with Crippen LogP contribution in [0.25, 0.3) is 0 Å². The van der Waals surface area contributed by atoms with E-state index in [0.717, 1.165) is 35.8 Å². The largest absolute Gasteiger partial charge is 0.362 e. The molecule has 3 nitrogen and oxygen atoms in total. The quantitative estimate of drug-likeness (QED) is 0.719. The average Bonchev–Trinajstić information content (AvgIpc) is 2.63. The second-order valence-electron chi connectivity index (χ2n) is 6.83. The van der Waals surface area contributed by atoms with Crippen molar-refractivity contribution in [2.45, 2.75) is 44.4 Å². The molecule has 0 aliphatic heterocycles. The van der Waals surface area contributed by atoms with Crippen molar-refractivity contribution in [1.29, 1.82) is 0 Å². The molecule has 1 aliphatic rings. The molecule has 25 heavy (non-hydrogen) atoms. The topological polar surface area (TPSA) is 37.0 Å². The highest BCUT2D eigenvalue weighted by molar-refractivity contribution is 7.80. The van der Waals surface area contributed by atoms with Gasteiger partial charge in [0.25, 0.3) is 0 Å². The average molecular weight is 374 g/mol. The van der Waals surface area contributed by atoms with Crippen LogP contribution in [0.15, 0.2) is 42.6 Å². The Kier molecular flexibility index (Phi) is 5.92. The van der Waals surface area contributed by atoms with Crippen LogP contribution in [0.2, 0.25) is 5.02 Å². The summed E-state index contributed by atoms with van der Waals surface area (Å²) in [6.07, 6.45) is 7.88. The Morgan fingerprint density at radius 2 is 2.00 bits per heavy atom. The minimum atomic E-state index is 0.0913. The van der Waals surface area contributed by atoms with E-state index in [0.29, 0.717) is 5.11 Å². The summed E-state index contributed by atoms with van der Waals surface area (Å²) < 4.78 is 0. The number of pyridine rings is 1. The first-order valence-corrected chi connectivity index (χ1v) is 9.60. The molecule has 3 rings (SSSR count). The van der Waals surface area contributed by atoms with Gasteiger partial charge in [-0.15, -0.1) is 0 Å². The van der Waals surface area contributed by atoms with E-state index in [1.807, 2.05) is 31.2 Å². The van der Waals surface area contributed by atoms with Crippen LogP contribution in [0.4, 0.5) is 5.82 Å². The fraction of sp³-hybridized carbons (Fsp3) is 0.400. The van der Waals surface area contributed by atoms with Gasteiger partial charge in [-0.3, -0.25) is 0 Å². The molecule has 2 aromatic rings. The molecule has 132 valence electrons. The zero-order chi connectivity index (χ0) is 17.7. The molecule has 0 atom stereocenters. The van der Waals surface area contributed by atoms with Crippen LogP contribution in [0.1, 0.15) is 43.2 Å². The Bertz CT molecular complexity index is 741. The van der Waals surface area contributed by atoms with Gasteiger partial charge in [0.05, 0.1) is 0 Å². The van der Waals surface area contributed by atoms with E-state index in [1.165, 1.54) is 24.8 Å². The van der Waals surface area contributed by atoms with Crippen LogP contribution in [0, 0.1) is 6.92 Å². The molecule has 0 radical (unpaired) electrons. The fourth-order valence-electron chi connectivity index (χ4n) is 3.63. The molecular formula is C20H24ClN3S. The Balaban J connectivity index is 1.71. The predicted molar refractivity (Wildman–Crippen MR) is 109 cm³/mol. The van der Waals surface area contributed by atoms with Gasteiger partial charge in [0.15, 0.2) is 5.11 Å². The summed E-state index contributed by atoms with van der Waals surface area (Å²) >= 11 is 11.7. The summed E-state index contributed by atoms with van der Waals surface area (Å²) in [4.78, 5) is 4.34. The third-order valence-corrected chi connectivity index (χ3v) is 5.56. The van der Waals surface area contributed by atoms with E-state index in [9.17, 15) is 0 Å². The molecule has 1 aliphatic carbocycles. The Hall–Kier alpha value is -1.65. The Labute approximate surface area is 160 Å². The molecule has 5 heteroatoms. The summed E-state index contributed by atoms with van der Waals surface area (Å²) in [5.41, 5.74) is 2.48. The molecule has 2 N–H and O–H groups in total. The van der Waals surface area contributed by atoms with Crippen LogP contribution in [0.3, 0.4) is 0 Å². The van der Waals surface area contributed by atoms with Crippen molar-refractivity contribution < 1.29 is 0 Å². The number of aromatic nitrogens is 1. The van der Waals surface area contributed by atoms with E-state index < -0.39 is 0 Å².